The highest BCUT2D eigenvalue weighted by Gasteiger charge is 2.37. The van der Waals surface area contributed by atoms with Gasteiger partial charge in [0.1, 0.15) is 5.75 Å². The van der Waals surface area contributed by atoms with Crippen LogP contribution in [0.15, 0.2) is 42.5 Å². The highest BCUT2D eigenvalue weighted by molar-refractivity contribution is 5.87. The van der Waals surface area contributed by atoms with Gasteiger partial charge < -0.3 is 14.6 Å². The van der Waals surface area contributed by atoms with Gasteiger partial charge in [-0.05, 0) is 71.6 Å². The first-order valence-electron chi connectivity index (χ1n) is 11.3. The summed E-state index contributed by atoms with van der Waals surface area (Å²) in [7, 11) is 0. The van der Waals surface area contributed by atoms with Crippen LogP contribution in [0.3, 0.4) is 0 Å². The summed E-state index contributed by atoms with van der Waals surface area (Å²) in [6.45, 7) is 12.1. The molecule has 5 heteroatoms. The molecule has 0 fully saturated rings. The lowest BCUT2D eigenvalue weighted by atomic mass is 9.62. The van der Waals surface area contributed by atoms with Crippen LogP contribution in [0.2, 0.25) is 0 Å². The molecule has 1 atom stereocenters. The van der Waals surface area contributed by atoms with Crippen molar-refractivity contribution in [2.75, 3.05) is 13.2 Å². The molecule has 1 aliphatic rings. The van der Waals surface area contributed by atoms with Crippen LogP contribution in [0.5, 0.6) is 5.75 Å². The third kappa shape index (κ3) is 5.39. The van der Waals surface area contributed by atoms with E-state index in [1.807, 2.05) is 6.92 Å². The van der Waals surface area contributed by atoms with Gasteiger partial charge in [-0.3, -0.25) is 4.79 Å². The number of ether oxygens (including phenoxy) is 2. The number of benzene rings is 2. The molecule has 0 saturated heterocycles. The van der Waals surface area contributed by atoms with Gasteiger partial charge in [0, 0.05) is 12.5 Å². The highest BCUT2D eigenvalue weighted by Crippen LogP contribution is 2.46. The standard InChI is InChI=1S/C27H34O5/c1-6-31-17-20(16-24(28)32-21-10-7-18(8-11-21)25(29)30)19-9-12-22-23(15-19)27(4,5)14-13-26(22,2)3/h7-12,15,20H,6,13-14,16-17H2,1-5H3,(H,29,30). The van der Waals surface area contributed by atoms with Crippen LogP contribution in [-0.2, 0) is 20.4 Å². The molecule has 2 aromatic rings. The number of esters is 1. The summed E-state index contributed by atoms with van der Waals surface area (Å²) in [5.74, 6) is -1.16. The third-order valence-corrected chi connectivity index (χ3v) is 6.62. The first-order valence-corrected chi connectivity index (χ1v) is 11.3. The summed E-state index contributed by atoms with van der Waals surface area (Å²) < 4.78 is 11.2. The molecule has 0 radical (unpaired) electrons. The van der Waals surface area contributed by atoms with Crippen molar-refractivity contribution in [1.29, 1.82) is 0 Å². The molecule has 172 valence electrons. The number of hydrogen-bond acceptors (Lipinski definition) is 4. The Morgan fingerprint density at radius 1 is 0.969 bits per heavy atom. The number of fused-ring (bicyclic) bond motifs is 1. The monoisotopic (exact) mass is 438 g/mol. The van der Waals surface area contributed by atoms with Gasteiger partial charge in [-0.1, -0.05) is 45.9 Å². The molecule has 2 aromatic carbocycles. The average Bonchev–Trinajstić information content (AvgIpc) is 2.74. The van der Waals surface area contributed by atoms with Crippen molar-refractivity contribution < 1.29 is 24.2 Å². The van der Waals surface area contributed by atoms with Gasteiger partial charge in [0.2, 0.25) is 0 Å². The van der Waals surface area contributed by atoms with Crippen molar-refractivity contribution in [2.45, 2.75) is 70.6 Å². The van der Waals surface area contributed by atoms with E-state index < -0.39 is 5.97 Å². The maximum Gasteiger partial charge on any atom is 0.335 e. The van der Waals surface area contributed by atoms with Gasteiger partial charge in [-0.15, -0.1) is 0 Å². The SMILES string of the molecule is CCOCC(CC(=O)Oc1ccc(C(=O)O)cc1)c1ccc2c(c1)C(C)(C)CCC2(C)C. The minimum absolute atomic E-state index is 0.0867. The minimum Gasteiger partial charge on any atom is -0.478 e. The van der Waals surface area contributed by atoms with Gasteiger partial charge in [0.15, 0.2) is 0 Å². The van der Waals surface area contributed by atoms with Crippen molar-refractivity contribution in [3.05, 3.63) is 64.7 Å². The van der Waals surface area contributed by atoms with Gasteiger partial charge in [0.05, 0.1) is 18.6 Å². The maximum absolute atomic E-state index is 12.7. The fraction of sp³-hybridized carbons (Fsp3) is 0.481. The van der Waals surface area contributed by atoms with Crippen LogP contribution in [-0.4, -0.2) is 30.3 Å². The Morgan fingerprint density at radius 3 is 2.19 bits per heavy atom. The number of carbonyl (C=O) groups is 2. The summed E-state index contributed by atoms with van der Waals surface area (Å²) in [5.41, 5.74) is 4.20. The van der Waals surface area contributed by atoms with Gasteiger partial charge >= 0.3 is 11.9 Å². The van der Waals surface area contributed by atoms with E-state index in [-0.39, 0.29) is 34.7 Å². The van der Waals surface area contributed by atoms with Crippen LogP contribution < -0.4 is 4.74 Å². The van der Waals surface area contributed by atoms with E-state index in [2.05, 4.69) is 45.9 Å². The van der Waals surface area contributed by atoms with E-state index in [9.17, 15) is 9.59 Å². The zero-order chi connectivity index (χ0) is 23.5. The molecule has 5 nitrogen and oxygen atoms in total. The predicted octanol–water partition coefficient (Wildman–Crippen LogP) is 5.85. The zero-order valence-corrected chi connectivity index (χ0v) is 19.7. The molecule has 0 heterocycles. The summed E-state index contributed by atoms with van der Waals surface area (Å²) in [4.78, 5) is 23.7. The van der Waals surface area contributed by atoms with Gasteiger partial charge in [-0.2, -0.15) is 0 Å². The summed E-state index contributed by atoms with van der Waals surface area (Å²) in [5, 5.41) is 9.02. The molecule has 3 rings (SSSR count). The topological polar surface area (TPSA) is 72.8 Å². The van der Waals surface area contributed by atoms with E-state index in [4.69, 9.17) is 14.6 Å². The zero-order valence-electron chi connectivity index (χ0n) is 19.7. The molecule has 0 bridgehead atoms. The van der Waals surface area contributed by atoms with Crippen molar-refractivity contribution in [3.63, 3.8) is 0 Å². The van der Waals surface area contributed by atoms with E-state index in [0.29, 0.717) is 19.0 Å². The number of aromatic carboxylic acids is 1. The molecule has 1 unspecified atom stereocenters. The van der Waals surface area contributed by atoms with E-state index in [0.717, 1.165) is 18.4 Å². The average molecular weight is 439 g/mol. The van der Waals surface area contributed by atoms with E-state index in [1.165, 1.54) is 35.4 Å². The Hall–Kier alpha value is -2.66. The number of carboxylic acids is 1. The molecule has 0 saturated carbocycles. The first-order chi connectivity index (χ1) is 15.0. The van der Waals surface area contributed by atoms with Crippen LogP contribution in [0.4, 0.5) is 0 Å². The summed E-state index contributed by atoms with van der Waals surface area (Å²) >= 11 is 0. The summed E-state index contributed by atoms with van der Waals surface area (Å²) in [6.07, 6.45) is 2.46. The smallest absolute Gasteiger partial charge is 0.335 e. The molecular weight excluding hydrogens is 404 g/mol. The quantitative estimate of drug-likeness (QED) is 0.413. The van der Waals surface area contributed by atoms with Gasteiger partial charge in [-0.25, -0.2) is 4.79 Å². The minimum atomic E-state index is -1.02. The summed E-state index contributed by atoms with van der Waals surface area (Å²) in [6, 6.07) is 12.5. The third-order valence-electron chi connectivity index (χ3n) is 6.62. The lowest BCUT2D eigenvalue weighted by Crippen LogP contribution is -2.34. The van der Waals surface area contributed by atoms with Crippen molar-refractivity contribution in [2.24, 2.45) is 0 Å². The Labute approximate surface area is 190 Å². The maximum atomic E-state index is 12.7. The highest BCUT2D eigenvalue weighted by atomic mass is 16.5. The second-order valence-electron chi connectivity index (χ2n) is 9.94. The predicted molar refractivity (Wildman–Crippen MR) is 125 cm³/mol. The second kappa shape index (κ2) is 9.45. The van der Waals surface area contributed by atoms with E-state index >= 15 is 0 Å². The molecule has 1 aliphatic carbocycles. The number of rotatable bonds is 8. The Kier molecular flexibility index (Phi) is 7.09. The largest absolute Gasteiger partial charge is 0.478 e. The van der Waals surface area contributed by atoms with Crippen molar-refractivity contribution in [1.82, 2.24) is 0 Å². The van der Waals surface area contributed by atoms with Crippen molar-refractivity contribution in [3.8, 4) is 5.75 Å². The molecule has 0 aliphatic heterocycles. The normalized spacial score (nSPS) is 17.3. The number of hydrogen-bond donors (Lipinski definition) is 1. The lowest BCUT2D eigenvalue weighted by molar-refractivity contribution is -0.135. The number of carboxylic acid groups (broad SMARTS) is 1. The first kappa shape index (κ1) is 24.0. The molecule has 0 amide bonds. The molecule has 0 aromatic heterocycles. The molecule has 32 heavy (non-hydrogen) atoms. The Morgan fingerprint density at radius 2 is 1.59 bits per heavy atom. The molecular formula is C27H34O5. The van der Waals surface area contributed by atoms with Gasteiger partial charge in [0.25, 0.3) is 0 Å². The second-order valence-corrected chi connectivity index (χ2v) is 9.94. The molecule has 1 N–H and O–H groups in total. The van der Waals surface area contributed by atoms with Crippen molar-refractivity contribution >= 4 is 11.9 Å². The fourth-order valence-electron chi connectivity index (χ4n) is 4.43. The van der Waals surface area contributed by atoms with E-state index in [1.54, 1.807) is 0 Å². The fourth-order valence-corrected chi connectivity index (χ4v) is 4.43. The number of carbonyl (C=O) groups excluding carboxylic acids is 1. The Bertz CT molecular complexity index is 972. The lowest BCUT2D eigenvalue weighted by Gasteiger charge is -2.42. The van der Waals surface area contributed by atoms with Crippen LogP contribution >= 0.6 is 0 Å². The van der Waals surface area contributed by atoms with Crippen LogP contribution in [0.25, 0.3) is 0 Å². The van der Waals surface area contributed by atoms with Crippen LogP contribution in [0, 0.1) is 0 Å². The van der Waals surface area contributed by atoms with Crippen LogP contribution in [0.1, 0.15) is 86.8 Å². The molecule has 0 spiro atoms. The Balaban J connectivity index is 1.82.